The van der Waals surface area contributed by atoms with Gasteiger partial charge < -0.3 is 5.32 Å². The number of benzene rings is 1. The van der Waals surface area contributed by atoms with Gasteiger partial charge in [-0.2, -0.15) is 0 Å². The summed E-state index contributed by atoms with van der Waals surface area (Å²) < 4.78 is 0. The van der Waals surface area contributed by atoms with Crippen molar-refractivity contribution < 1.29 is 4.92 Å². The predicted octanol–water partition coefficient (Wildman–Crippen LogP) is 4.78. The van der Waals surface area contributed by atoms with Gasteiger partial charge >= 0.3 is 5.69 Å². The lowest BCUT2D eigenvalue weighted by molar-refractivity contribution is -0.384. The van der Waals surface area contributed by atoms with Gasteiger partial charge in [0.15, 0.2) is 0 Å². The summed E-state index contributed by atoms with van der Waals surface area (Å²) in [7, 11) is 0. The molecule has 0 bridgehead atoms. The van der Waals surface area contributed by atoms with Gasteiger partial charge in [0.2, 0.25) is 5.82 Å². The molecular formula is C14H13Cl2N3O2. The normalized spacial score (nSPS) is 12.0. The van der Waals surface area contributed by atoms with E-state index in [4.69, 9.17) is 23.2 Å². The second-order valence-electron chi connectivity index (χ2n) is 4.67. The van der Waals surface area contributed by atoms with Gasteiger partial charge in [-0.15, -0.1) is 0 Å². The Balaban J connectivity index is 2.31. The zero-order valence-corrected chi connectivity index (χ0v) is 12.9. The lowest BCUT2D eigenvalue weighted by Gasteiger charge is -2.16. The third-order valence-electron chi connectivity index (χ3n) is 2.98. The molecule has 2 rings (SSSR count). The number of nitro groups is 1. The van der Waals surface area contributed by atoms with Crippen LogP contribution >= 0.6 is 23.2 Å². The molecule has 1 aromatic heterocycles. The number of nitrogens with zero attached hydrogens (tertiary/aromatic N) is 2. The van der Waals surface area contributed by atoms with Gasteiger partial charge in [0, 0.05) is 22.3 Å². The van der Waals surface area contributed by atoms with Crippen LogP contribution in [0.4, 0.5) is 11.5 Å². The van der Waals surface area contributed by atoms with E-state index < -0.39 is 4.92 Å². The molecule has 0 saturated heterocycles. The average molecular weight is 326 g/mol. The number of nitrogens with one attached hydrogen (secondary N) is 1. The Hall–Kier alpha value is -1.85. The Morgan fingerprint density at radius 1 is 1.33 bits per heavy atom. The van der Waals surface area contributed by atoms with E-state index in [1.54, 1.807) is 31.3 Å². The van der Waals surface area contributed by atoms with Crippen molar-refractivity contribution in [1.29, 1.82) is 0 Å². The Morgan fingerprint density at radius 2 is 2.05 bits per heavy atom. The maximum Gasteiger partial charge on any atom is 0.311 e. The van der Waals surface area contributed by atoms with Crippen molar-refractivity contribution in [3.8, 4) is 0 Å². The third-order valence-corrected chi connectivity index (χ3v) is 3.55. The Labute approximate surface area is 132 Å². The zero-order valence-electron chi connectivity index (χ0n) is 11.4. The molecule has 0 aliphatic heterocycles. The summed E-state index contributed by atoms with van der Waals surface area (Å²) in [4.78, 5) is 14.7. The molecule has 0 aliphatic carbocycles. The number of aryl methyl sites for hydroxylation is 1. The first-order chi connectivity index (χ1) is 9.88. The molecule has 2 aromatic rings. The highest BCUT2D eigenvalue weighted by atomic mass is 35.5. The maximum absolute atomic E-state index is 11.1. The minimum atomic E-state index is -0.460. The smallest absolute Gasteiger partial charge is 0.311 e. The summed E-state index contributed by atoms with van der Waals surface area (Å²) >= 11 is 12.0. The van der Waals surface area contributed by atoms with E-state index in [1.807, 2.05) is 6.92 Å². The minimum absolute atomic E-state index is 0.0630. The van der Waals surface area contributed by atoms with E-state index in [1.165, 1.54) is 6.07 Å². The van der Waals surface area contributed by atoms with E-state index in [9.17, 15) is 10.1 Å². The van der Waals surface area contributed by atoms with Crippen LogP contribution in [-0.2, 0) is 0 Å². The summed E-state index contributed by atoms with van der Waals surface area (Å²) in [5.41, 5.74) is 1.45. The molecule has 21 heavy (non-hydrogen) atoms. The van der Waals surface area contributed by atoms with Crippen LogP contribution in [0, 0.1) is 17.0 Å². The van der Waals surface area contributed by atoms with Crippen LogP contribution < -0.4 is 5.32 Å². The first-order valence-electron chi connectivity index (χ1n) is 6.21. The van der Waals surface area contributed by atoms with Crippen LogP contribution in [0.25, 0.3) is 0 Å². The van der Waals surface area contributed by atoms with Crippen LogP contribution in [0.1, 0.15) is 24.1 Å². The molecule has 7 heteroatoms. The van der Waals surface area contributed by atoms with E-state index in [2.05, 4.69) is 10.3 Å². The summed E-state index contributed by atoms with van der Waals surface area (Å²) in [6.45, 7) is 3.60. The second kappa shape index (κ2) is 6.28. The van der Waals surface area contributed by atoms with Crippen molar-refractivity contribution in [2.45, 2.75) is 19.9 Å². The fraction of sp³-hybridized carbons (Fsp3) is 0.214. The molecule has 0 saturated carbocycles. The number of pyridine rings is 1. The van der Waals surface area contributed by atoms with E-state index in [-0.39, 0.29) is 17.5 Å². The fourth-order valence-electron chi connectivity index (χ4n) is 1.94. The van der Waals surface area contributed by atoms with Gasteiger partial charge in [-0.1, -0.05) is 29.3 Å². The molecule has 1 N–H and O–H groups in total. The lowest BCUT2D eigenvalue weighted by Crippen LogP contribution is -2.10. The molecule has 5 nitrogen and oxygen atoms in total. The molecule has 1 aromatic carbocycles. The van der Waals surface area contributed by atoms with Crippen molar-refractivity contribution in [2.75, 3.05) is 5.32 Å². The zero-order chi connectivity index (χ0) is 15.6. The van der Waals surface area contributed by atoms with Crippen LogP contribution in [-0.4, -0.2) is 9.91 Å². The van der Waals surface area contributed by atoms with Crippen LogP contribution in [0.3, 0.4) is 0 Å². The van der Waals surface area contributed by atoms with Crippen LogP contribution in [0.2, 0.25) is 10.0 Å². The van der Waals surface area contributed by atoms with Crippen molar-refractivity contribution in [1.82, 2.24) is 4.98 Å². The molecule has 0 fully saturated rings. The number of halogens is 2. The number of rotatable bonds is 4. The van der Waals surface area contributed by atoms with Gasteiger partial charge in [0.1, 0.15) is 0 Å². The van der Waals surface area contributed by atoms with Gasteiger partial charge in [-0.05, 0) is 37.1 Å². The highest BCUT2D eigenvalue weighted by molar-refractivity contribution is 6.35. The van der Waals surface area contributed by atoms with E-state index in [0.29, 0.717) is 10.0 Å². The summed E-state index contributed by atoms with van der Waals surface area (Å²) in [6, 6.07) is 6.36. The molecule has 0 amide bonds. The van der Waals surface area contributed by atoms with Crippen LogP contribution in [0.15, 0.2) is 30.5 Å². The van der Waals surface area contributed by atoms with Crippen molar-refractivity contribution in [3.63, 3.8) is 0 Å². The third kappa shape index (κ3) is 3.62. The first kappa shape index (κ1) is 15.5. The number of aromatic nitrogens is 1. The van der Waals surface area contributed by atoms with Gasteiger partial charge in [0.25, 0.3) is 0 Å². The molecule has 0 spiro atoms. The SMILES string of the molecule is Cc1cnc(NC(C)c2ccc(Cl)cc2Cl)c([N+](=O)[O-])c1. The van der Waals surface area contributed by atoms with Crippen molar-refractivity contribution in [3.05, 3.63) is 61.7 Å². The maximum atomic E-state index is 11.1. The van der Waals surface area contributed by atoms with Crippen LogP contribution in [0.5, 0.6) is 0 Å². The summed E-state index contributed by atoms with van der Waals surface area (Å²) in [6.07, 6.45) is 1.57. The quantitative estimate of drug-likeness (QED) is 0.648. The molecule has 1 atom stereocenters. The monoisotopic (exact) mass is 325 g/mol. The molecule has 110 valence electrons. The molecule has 0 radical (unpaired) electrons. The van der Waals surface area contributed by atoms with Crippen molar-refractivity contribution >= 4 is 34.7 Å². The molecule has 0 aliphatic rings. The van der Waals surface area contributed by atoms with E-state index >= 15 is 0 Å². The fourth-order valence-corrected chi connectivity index (χ4v) is 2.51. The lowest BCUT2D eigenvalue weighted by atomic mass is 10.1. The highest BCUT2D eigenvalue weighted by Gasteiger charge is 2.19. The summed E-state index contributed by atoms with van der Waals surface area (Å²) in [5.74, 6) is 0.212. The number of hydrogen-bond donors (Lipinski definition) is 1. The Bertz CT molecular complexity index is 692. The topological polar surface area (TPSA) is 68.1 Å². The van der Waals surface area contributed by atoms with Gasteiger partial charge in [-0.25, -0.2) is 4.98 Å². The molecular weight excluding hydrogens is 313 g/mol. The van der Waals surface area contributed by atoms with E-state index in [0.717, 1.165) is 11.1 Å². The summed E-state index contributed by atoms with van der Waals surface area (Å²) in [5, 5.41) is 15.1. The predicted molar refractivity (Wildman–Crippen MR) is 84.1 cm³/mol. The van der Waals surface area contributed by atoms with Gasteiger partial charge in [-0.3, -0.25) is 10.1 Å². The number of anilines is 1. The standard InChI is InChI=1S/C14H13Cl2N3O2/c1-8-5-13(19(20)21)14(17-7-8)18-9(2)11-4-3-10(15)6-12(11)16/h3-7,9H,1-2H3,(H,17,18). The number of hydrogen-bond acceptors (Lipinski definition) is 4. The molecule has 1 heterocycles. The minimum Gasteiger partial charge on any atom is -0.358 e. The van der Waals surface area contributed by atoms with Crippen molar-refractivity contribution in [2.24, 2.45) is 0 Å². The highest BCUT2D eigenvalue weighted by Crippen LogP contribution is 2.31. The Morgan fingerprint density at radius 3 is 2.67 bits per heavy atom. The second-order valence-corrected chi connectivity index (χ2v) is 5.51. The first-order valence-corrected chi connectivity index (χ1v) is 6.96. The van der Waals surface area contributed by atoms with Gasteiger partial charge in [0.05, 0.1) is 11.0 Å². The Kier molecular flexibility index (Phi) is 4.65. The average Bonchev–Trinajstić information content (AvgIpc) is 2.40. The largest absolute Gasteiger partial charge is 0.358 e. The molecule has 1 unspecified atom stereocenters.